The molecule has 0 aromatic heterocycles. The average molecular weight is 140 g/mol. The summed E-state index contributed by atoms with van der Waals surface area (Å²) in [5.41, 5.74) is 0. The standard InChI is InChI=1S/C4H7F3N2/c5-4(6,7)1-3-2-9(3)8/h3H,1-2,8H2. The third kappa shape index (κ3) is 2.19. The van der Waals surface area contributed by atoms with Crippen molar-refractivity contribution in [1.82, 2.24) is 5.01 Å². The first-order valence-electron chi connectivity index (χ1n) is 2.57. The number of hydrazine groups is 1. The molecule has 0 bridgehead atoms. The Balaban J connectivity index is 2.19. The van der Waals surface area contributed by atoms with E-state index in [1.165, 1.54) is 5.01 Å². The number of halogens is 3. The molecule has 0 radical (unpaired) electrons. The zero-order chi connectivity index (χ0) is 7.07. The van der Waals surface area contributed by atoms with Crippen LogP contribution in [0.1, 0.15) is 6.42 Å². The second-order valence-corrected chi connectivity index (χ2v) is 2.17. The van der Waals surface area contributed by atoms with Crippen LogP contribution in [0.5, 0.6) is 0 Å². The highest BCUT2D eigenvalue weighted by Gasteiger charge is 2.41. The Bertz CT molecular complexity index is 111. The van der Waals surface area contributed by atoms with Gasteiger partial charge in [0.1, 0.15) is 0 Å². The van der Waals surface area contributed by atoms with E-state index in [-0.39, 0.29) is 0 Å². The van der Waals surface area contributed by atoms with Crippen LogP contribution >= 0.6 is 0 Å². The van der Waals surface area contributed by atoms with Crippen molar-refractivity contribution in [2.75, 3.05) is 6.54 Å². The van der Waals surface area contributed by atoms with E-state index in [2.05, 4.69) is 0 Å². The Labute approximate surface area is 50.4 Å². The van der Waals surface area contributed by atoms with Crippen LogP contribution in [-0.4, -0.2) is 23.8 Å². The molecule has 54 valence electrons. The predicted octanol–water partition coefficient (Wildman–Crippen LogP) is 0.497. The van der Waals surface area contributed by atoms with Gasteiger partial charge in [-0.2, -0.15) is 13.2 Å². The number of nitrogens with zero attached hydrogens (tertiary/aromatic N) is 1. The quantitative estimate of drug-likeness (QED) is 0.424. The molecule has 1 rings (SSSR count). The maximum Gasteiger partial charge on any atom is 0.390 e. The van der Waals surface area contributed by atoms with Crippen LogP contribution in [0.4, 0.5) is 13.2 Å². The predicted molar refractivity (Wildman–Crippen MR) is 25.4 cm³/mol. The van der Waals surface area contributed by atoms with Gasteiger partial charge >= 0.3 is 6.18 Å². The molecule has 1 heterocycles. The van der Waals surface area contributed by atoms with Gasteiger partial charge < -0.3 is 0 Å². The van der Waals surface area contributed by atoms with E-state index in [1.807, 2.05) is 0 Å². The SMILES string of the molecule is NN1CC1CC(F)(F)F. The topological polar surface area (TPSA) is 29.0 Å². The molecule has 2 nitrogen and oxygen atoms in total. The highest BCUT2D eigenvalue weighted by molar-refractivity contribution is 4.85. The first kappa shape index (κ1) is 6.82. The Hall–Kier alpha value is -0.290. The normalized spacial score (nSPS) is 34.7. The first-order valence-corrected chi connectivity index (χ1v) is 2.57. The number of nitrogens with two attached hydrogens (primary N) is 1. The summed E-state index contributed by atoms with van der Waals surface area (Å²) in [6.45, 7) is 0.375. The molecule has 0 saturated carbocycles. The van der Waals surface area contributed by atoms with E-state index in [1.54, 1.807) is 0 Å². The smallest absolute Gasteiger partial charge is 0.268 e. The molecule has 2 unspecified atom stereocenters. The van der Waals surface area contributed by atoms with E-state index in [0.717, 1.165) is 0 Å². The largest absolute Gasteiger partial charge is 0.390 e. The lowest BCUT2D eigenvalue weighted by Crippen LogP contribution is -2.17. The molecule has 0 spiro atoms. The second kappa shape index (κ2) is 1.85. The van der Waals surface area contributed by atoms with Crippen molar-refractivity contribution in [3.8, 4) is 0 Å². The van der Waals surface area contributed by atoms with Gasteiger partial charge in [-0.25, -0.2) is 5.01 Å². The van der Waals surface area contributed by atoms with Gasteiger partial charge in [0.05, 0.1) is 6.42 Å². The first-order chi connectivity index (χ1) is 3.99. The third-order valence-electron chi connectivity index (χ3n) is 1.22. The van der Waals surface area contributed by atoms with Gasteiger partial charge in [-0.1, -0.05) is 0 Å². The maximum absolute atomic E-state index is 11.4. The van der Waals surface area contributed by atoms with Gasteiger partial charge in [-0.05, 0) is 0 Å². The summed E-state index contributed by atoms with van der Waals surface area (Å²) in [7, 11) is 0. The molecule has 1 fully saturated rings. The van der Waals surface area contributed by atoms with Crippen LogP contribution < -0.4 is 5.84 Å². The lowest BCUT2D eigenvalue weighted by atomic mass is 10.3. The molecule has 0 amide bonds. The van der Waals surface area contributed by atoms with Crippen molar-refractivity contribution >= 4 is 0 Å². The highest BCUT2D eigenvalue weighted by Crippen LogP contribution is 2.28. The Morgan fingerprint density at radius 3 is 2.11 bits per heavy atom. The minimum Gasteiger partial charge on any atom is -0.268 e. The maximum atomic E-state index is 11.4. The van der Waals surface area contributed by atoms with Gasteiger partial charge in [0, 0.05) is 12.6 Å². The molecule has 1 aliphatic heterocycles. The second-order valence-electron chi connectivity index (χ2n) is 2.17. The van der Waals surface area contributed by atoms with Crippen molar-refractivity contribution in [2.24, 2.45) is 5.84 Å². The number of hydrogen-bond donors (Lipinski definition) is 1. The lowest BCUT2D eigenvalue weighted by molar-refractivity contribution is -0.135. The van der Waals surface area contributed by atoms with E-state index >= 15 is 0 Å². The minimum atomic E-state index is -4.06. The zero-order valence-electron chi connectivity index (χ0n) is 4.65. The van der Waals surface area contributed by atoms with Gasteiger partial charge in [-0.3, -0.25) is 5.84 Å². The Morgan fingerprint density at radius 2 is 2.00 bits per heavy atom. The molecule has 5 heteroatoms. The molecule has 1 aliphatic rings. The molecule has 0 aliphatic carbocycles. The lowest BCUT2D eigenvalue weighted by Gasteiger charge is -2.02. The van der Waals surface area contributed by atoms with Crippen molar-refractivity contribution in [3.05, 3.63) is 0 Å². The molecule has 0 aromatic carbocycles. The van der Waals surface area contributed by atoms with Gasteiger partial charge in [0.15, 0.2) is 0 Å². The van der Waals surface area contributed by atoms with Crippen LogP contribution in [-0.2, 0) is 0 Å². The Morgan fingerprint density at radius 1 is 1.56 bits per heavy atom. The summed E-state index contributed by atoms with van der Waals surface area (Å²) >= 11 is 0. The van der Waals surface area contributed by atoms with Crippen molar-refractivity contribution < 1.29 is 13.2 Å². The van der Waals surface area contributed by atoms with Crippen LogP contribution in [0.25, 0.3) is 0 Å². The van der Waals surface area contributed by atoms with E-state index in [9.17, 15) is 13.2 Å². The molecule has 9 heavy (non-hydrogen) atoms. The van der Waals surface area contributed by atoms with Crippen LogP contribution in [0.2, 0.25) is 0 Å². The average Bonchev–Trinajstić information content (AvgIpc) is 2.13. The van der Waals surface area contributed by atoms with E-state index in [0.29, 0.717) is 6.54 Å². The van der Waals surface area contributed by atoms with Crippen molar-refractivity contribution in [3.63, 3.8) is 0 Å². The summed E-state index contributed by atoms with van der Waals surface area (Å²) in [5, 5.41) is 1.17. The van der Waals surface area contributed by atoms with E-state index in [4.69, 9.17) is 5.84 Å². The fourth-order valence-electron chi connectivity index (χ4n) is 0.645. The van der Waals surface area contributed by atoms with Crippen LogP contribution in [0.3, 0.4) is 0 Å². The van der Waals surface area contributed by atoms with E-state index < -0.39 is 18.6 Å². The summed E-state index contributed by atoms with van der Waals surface area (Å²) < 4.78 is 34.3. The van der Waals surface area contributed by atoms with Crippen molar-refractivity contribution in [1.29, 1.82) is 0 Å². The summed E-state index contributed by atoms with van der Waals surface area (Å²) in [4.78, 5) is 0. The van der Waals surface area contributed by atoms with Crippen molar-refractivity contribution in [2.45, 2.75) is 18.6 Å². The molecule has 1 saturated heterocycles. The number of rotatable bonds is 1. The Kier molecular flexibility index (Phi) is 1.40. The molecular formula is C4H7F3N2. The monoisotopic (exact) mass is 140 g/mol. The van der Waals surface area contributed by atoms with Gasteiger partial charge in [-0.15, -0.1) is 0 Å². The summed E-state index contributed by atoms with van der Waals surface area (Å²) in [5.74, 6) is 5.01. The summed E-state index contributed by atoms with van der Waals surface area (Å²) in [6.07, 6.45) is -4.83. The minimum absolute atomic E-state index is 0.375. The molecular weight excluding hydrogens is 133 g/mol. The van der Waals surface area contributed by atoms with Gasteiger partial charge in [0.2, 0.25) is 0 Å². The fourth-order valence-corrected chi connectivity index (χ4v) is 0.645. The summed E-state index contributed by atoms with van der Waals surface area (Å²) in [6, 6.07) is -0.454. The third-order valence-corrected chi connectivity index (χ3v) is 1.22. The zero-order valence-corrected chi connectivity index (χ0v) is 4.65. The van der Waals surface area contributed by atoms with Gasteiger partial charge in [0.25, 0.3) is 0 Å². The fraction of sp³-hybridized carbons (Fsp3) is 1.00. The number of hydrogen-bond acceptors (Lipinski definition) is 2. The highest BCUT2D eigenvalue weighted by atomic mass is 19.4. The molecule has 0 aromatic rings. The molecule has 2 N–H and O–H groups in total. The van der Waals surface area contributed by atoms with Crippen LogP contribution in [0, 0.1) is 0 Å². The number of alkyl halides is 3. The molecule has 2 atom stereocenters. The van der Waals surface area contributed by atoms with Crippen LogP contribution in [0.15, 0.2) is 0 Å².